The monoisotopic (exact) mass is 222 g/mol. The van der Waals surface area contributed by atoms with E-state index in [0.29, 0.717) is 0 Å². The third-order valence-electron chi connectivity index (χ3n) is 0.167. The molecular formula is Na2O7S2. The maximum atomic E-state index is 9.29. The largest absolute Gasteiger partial charge is 1.00 e. The molecule has 0 saturated carbocycles. The molecule has 0 aromatic rings. The van der Waals surface area contributed by atoms with Gasteiger partial charge in [-0.1, -0.05) is 0 Å². The van der Waals surface area contributed by atoms with E-state index in [4.69, 9.17) is 0 Å². The Kier molecular flexibility index (Phi) is 10.6. The van der Waals surface area contributed by atoms with Crippen molar-refractivity contribution in [2.24, 2.45) is 0 Å². The number of hydrogen-bond donors (Lipinski definition) is 0. The van der Waals surface area contributed by atoms with Gasteiger partial charge in [-0.15, -0.1) is 0 Å². The first-order valence-electron chi connectivity index (χ1n) is 1.33. The Morgan fingerprint density at radius 3 is 1.00 bits per heavy atom. The van der Waals surface area contributed by atoms with Gasteiger partial charge in [0.2, 0.25) is 20.8 Å². The van der Waals surface area contributed by atoms with Crippen molar-refractivity contribution in [2.45, 2.75) is 0 Å². The summed E-state index contributed by atoms with van der Waals surface area (Å²) in [5.41, 5.74) is 0. The van der Waals surface area contributed by atoms with Crippen LogP contribution in [0.5, 0.6) is 0 Å². The SMILES string of the molecule is O=S(=O)([O-])OS(=O)(=O)[O-].[Na+].[Na+]. The summed E-state index contributed by atoms with van der Waals surface area (Å²) in [6.45, 7) is 0. The van der Waals surface area contributed by atoms with E-state index >= 15 is 0 Å². The van der Waals surface area contributed by atoms with Crippen LogP contribution in [0.2, 0.25) is 0 Å². The molecule has 7 nitrogen and oxygen atoms in total. The summed E-state index contributed by atoms with van der Waals surface area (Å²) in [5.74, 6) is 0. The predicted octanol–water partition coefficient (Wildman–Crippen LogP) is -8.07. The fraction of sp³-hybridized carbons (Fsp3) is 0. The maximum absolute atomic E-state index is 9.29. The van der Waals surface area contributed by atoms with Crippen molar-refractivity contribution in [1.82, 2.24) is 0 Å². The zero-order chi connectivity index (χ0) is 7.71. The van der Waals surface area contributed by atoms with Crippen LogP contribution in [0.4, 0.5) is 0 Å². The van der Waals surface area contributed by atoms with Crippen molar-refractivity contribution in [1.29, 1.82) is 0 Å². The fourth-order valence-electron chi connectivity index (χ4n) is 0.102. The number of hydrogen-bond acceptors (Lipinski definition) is 7. The average molecular weight is 222 g/mol. The summed E-state index contributed by atoms with van der Waals surface area (Å²) >= 11 is 0. The first kappa shape index (κ1) is 18.5. The maximum Gasteiger partial charge on any atom is 1.00 e. The van der Waals surface area contributed by atoms with Crippen LogP contribution in [0.25, 0.3) is 0 Å². The molecule has 0 bridgehead atoms. The van der Waals surface area contributed by atoms with Gasteiger partial charge in [0.25, 0.3) is 0 Å². The van der Waals surface area contributed by atoms with Gasteiger partial charge in [-0.2, -0.15) is 3.63 Å². The van der Waals surface area contributed by atoms with E-state index in [0.717, 1.165) is 0 Å². The summed E-state index contributed by atoms with van der Waals surface area (Å²) in [4.78, 5) is 0. The third kappa shape index (κ3) is 18.6. The van der Waals surface area contributed by atoms with Crippen LogP contribution in [-0.4, -0.2) is 25.9 Å². The molecule has 0 radical (unpaired) electrons. The molecule has 0 spiro atoms. The molecule has 56 valence electrons. The van der Waals surface area contributed by atoms with Gasteiger partial charge in [0, 0.05) is 0 Å². The standard InChI is InChI=1S/2Na.H2O7S2/c;;1-8(2,3)7-9(4,5)6/h;;(H,1,2,3)(H,4,5,6)/q2*+1;/p-2. The minimum absolute atomic E-state index is 0. The average Bonchev–Trinajstić information content (AvgIpc) is 1.14. The zero-order valence-corrected chi connectivity index (χ0v) is 11.3. The molecule has 0 rings (SSSR count). The fourth-order valence-corrected chi connectivity index (χ4v) is 0.919. The second-order valence-corrected chi connectivity index (χ2v) is 3.06. The molecule has 0 saturated heterocycles. The third-order valence-corrected chi connectivity index (χ3v) is 1.50. The topological polar surface area (TPSA) is 124 Å². The van der Waals surface area contributed by atoms with Crippen molar-refractivity contribution in [3.05, 3.63) is 0 Å². The van der Waals surface area contributed by atoms with Gasteiger partial charge in [0.05, 0.1) is 0 Å². The van der Waals surface area contributed by atoms with Crippen molar-refractivity contribution in [3.63, 3.8) is 0 Å². The van der Waals surface area contributed by atoms with Gasteiger partial charge >= 0.3 is 59.1 Å². The minimum Gasteiger partial charge on any atom is -0.725 e. The summed E-state index contributed by atoms with van der Waals surface area (Å²) in [7, 11) is -10.9. The molecule has 0 amide bonds. The Balaban J connectivity index is -0.000000320. The van der Waals surface area contributed by atoms with Crippen LogP contribution in [0.3, 0.4) is 0 Å². The molecule has 11 heavy (non-hydrogen) atoms. The first-order valence-corrected chi connectivity index (χ1v) is 4.00. The van der Waals surface area contributed by atoms with Crippen molar-refractivity contribution < 1.29 is 88.7 Å². The van der Waals surface area contributed by atoms with Crippen molar-refractivity contribution >= 4 is 20.8 Å². The first-order chi connectivity index (χ1) is 3.71. The summed E-state index contributed by atoms with van der Waals surface area (Å²) in [5, 5.41) is 0. The van der Waals surface area contributed by atoms with Gasteiger partial charge in [-0.05, 0) is 0 Å². The van der Waals surface area contributed by atoms with E-state index in [1.54, 1.807) is 0 Å². The van der Waals surface area contributed by atoms with Gasteiger partial charge in [-0.25, -0.2) is 16.8 Å². The van der Waals surface area contributed by atoms with Gasteiger partial charge < -0.3 is 9.11 Å². The summed E-state index contributed by atoms with van der Waals surface area (Å²) in [6, 6.07) is 0. The Morgan fingerprint density at radius 1 is 0.818 bits per heavy atom. The van der Waals surface area contributed by atoms with Gasteiger partial charge in [0.15, 0.2) is 0 Å². The molecule has 0 aliphatic carbocycles. The second-order valence-electron chi connectivity index (χ2n) is 0.885. The molecule has 0 atom stereocenters. The molecule has 0 aromatic carbocycles. The van der Waals surface area contributed by atoms with Gasteiger partial charge in [-0.3, -0.25) is 0 Å². The number of rotatable bonds is 2. The molecule has 0 aliphatic rings. The Labute approximate surface area is 108 Å². The minimum atomic E-state index is -5.43. The normalized spacial score (nSPS) is 11.1. The van der Waals surface area contributed by atoms with Crippen LogP contribution in [0.1, 0.15) is 0 Å². The quantitative estimate of drug-likeness (QED) is 0.258. The Bertz CT molecular complexity index is 240. The molecule has 0 unspecified atom stereocenters. The molecule has 0 aliphatic heterocycles. The van der Waals surface area contributed by atoms with Crippen LogP contribution in [-0.2, 0) is 24.4 Å². The van der Waals surface area contributed by atoms with Gasteiger partial charge in [0.1, 0.15) is 0 Å². The van der Waals surface area contributed by atoms with E-state index in [1.807, 2.05) is 0 Å². The van der Waals surface area contributed by atoms with E-state index < -0.39 is 20.8 Å². The van der Waals surface area contributed by atoms with Crippen LogP contribution in [0, 0.1) is 0 Å². The summed E-state index contributed by atoms with van der Waals surface area (Å²) < 4.78 is 58.2. The van der Waals surface area contributed by atoms with Crippen LogP contribution >= 0.6 is 0 Å². The van der Waals surface area contributed by atoms with E-state index in [1.165, 1.54) is 0 Å². The van der Waals surface area contributed by atoms with E-state index in [2.05, 4.69) is 3.63 Å². The van der Waals surface area contributed by atoms with Crippen molar-refractivity contribution in [3.8, 4) is 0 Å². The van der Waals surface area contributed by atoms with Crippen LogP contribution in [0.15, 0.2) is 0 Å². The molecule has 0 fully saturated rings. The Hall–Kier alpha value is 1.78. The Morgan fingerprint density at radius 2 is 1.00 bits per heavy atom. The van der Waals surface area contributed by atoms with Crippen LogP contribution < -0.4 is 59.1 Å². The zero-order valence-electron chi connectivity index (χ0n) is 5.67. The molecule has 11 heteroatoms. The molecular weight excluding hydrogens is 222 g/mol. The second kappa shape index (κ2) is 6.27. The summed E-state index contributed by atoms with van der Waals surface area (Å²) in [6.07, 6.45) is 0. The molecule has 0 N–H and O–H groups in total. The molecule has 0 aromatic heterocycles. The van der Waals surface area contributed by atoms with E-state index in [-0.39, 0.29) is 59.1 Å². The van der Waals surface area contributed by atoms with Crippen molar-refractivity contribution in [2.75, 3.05) is 0 Å². The molecule has 0 heterocycles. The van der Waals surface area contributed by atoms with E-state index in [9.17, 15) is 25.9 Å². The predicted molar refractivity (Wildman–Crippen MR) is 20.5 cm³/mol. The smallest absolute Gasteiger partial charge is 0.725 e.